The van der Waals surface area contributed by atoms with E-state index >= 15 is 0 Å². The van der Waals surface area contributed by atoms with Crippen LogP contribution in [-0.2, 0) is 4.74 Å². The standard InChI is InChI=1S/C17H20Cl4O3/c1-12(2)4-8-22-6-3-7-24-17-14(18)10-13(11-15(17)19)23-9-5-16(20)21/h4-5,10-11H,3,6-9H2,1-2H3. The molecule has 0 heterocycles. The molecular formula is C17H20Cl4O3. The molecule has 0 bridgehead atoms. The SMILES string of the molecule is CC(C)=CCOCCCOc1c(Cl)cc(OCC=C(Cl)Cl)cc1Cl. The van der Waals surface area contributed by atoms with E-state index < -0.39 is 0 Å². The predicted octanol–water partition coefficient (Wildman–Crippen LogP) is 6.44. The average molecular weight is 414 g/mol. The van der Waals surface area contributed by atoms with Crippen molar-refractivity contribution in [1.29, 1.82) is 0 Å². The Morgan fingerprint density at radius 2 is 1.62 bits per heavy atom. The van der Waals surface area contributed by atoms with Crippen molar-refractivity contribution < 1.29 is 14.2 Å². The molecule has 0 amide bonds. The van der Waals surface area contributed by atoms with Crippen LogP contribution in [0.15, 0.2) is 34.3 Å². The Bertz CT molecular complexity index is 554. The van der Waals surface area contributed by atoms with Crippen molar-refractivity contribution in [3.8, 4) is 11.5 Å². The molecule has 1 rings (SSSR count). The van der Waals surface area contributed by atoms with Gasteiger partial charge in [-0.1, -0.05) is 58.1 Å². The maximum absolute atomic E-state index is 6.18. The summed E-state index contributed by atoms with van der Waals surface area (Å²) in [5, 5.41) is 0.757. The van der Waals surface area contributed by atoms with Gasteiger partial charge in [0.05, 0.1) is 29.9 Å². The molecule has 0 saturated heterocycles. The van der Waals surface area contributed by atoms with Crippen molar-refractivity contribution in [1.82, 2.24) is 0 Å². The van der Waals surface area contributed by atoms with Crippen LogP contribution in [0.3, 0.4) is 0 Å². The minimum absolute atomic E-state index is 0.138. The maximum atomic E-state index is 6.18. The fourth-order valence-corrected chi connectivity index (χ4v) is 2.31. The highest BCUT2D eigenvalue weighted by atomic mass is 35.5. The van der Waals surface area contributed by atoms with Gasteiger partial charge in [0.1, 0.15) is 16.8 Å². The molecule has 24 heavy (non-hydrogen) atoms. The van der Waals surface area contributed by atoms with Gasteiger partial charge >= 0.3 is 0 Å². The summed E-state index contributed by atoms with van der Waals surface area (Å²) < 4.78 is 16.6. The van der Waals surface area contributed by atoms with Gasteiger partial charge in [-0.3, -0.25) is 0 Å². The minimum atomic E-state index is 0.138. The highest BCUT2D eigenvalue weighted by molar-refractivity contribution is 6.55. The number of halogens is 4. The Hall–Kier alpha value is -0.580. The van der Waals surface area contributed by atoms with E-state index in [0.29, 0.717) is 41.4 Å². The molecule has 0 unspecified atom stereocenters. The zero-order valence-electron chi connectivity index (χ0n) is 13.6. The van der Waals surface area contributed by atoms with E-state index in [4.69, 9.17) is 60.6 Å². The van der Waals surface area contributed by atoms with E-state index in [-0.39, 0.29) is 11.1 Å². The smallest absolute Gasteiger partial charge is 0.156 e. The molecule has 134 valence electrons. The number of rotatable bonds is 10. The first kappa shape index (κ1) is 21.5. The quantitative estimate of drug-likeness (QED) is 0.326. The third kappa shape index (κ3) is 9.05. The molecule has 0 aliphatic carbocycles. The van der Waals surface area contributed by atoms with Crippen molar-refractivity contribution in [3.05, 3.63) is 44.4 Å². The Kier molecular flexibility index (Phi) is 10.6. The molecule has 0 fully saturated rings. The normalized spacial score (nSPS) is 10.2. The first-order chi connectivity index (χ1) is 11.4. The van der Waals surface area contributed by atoms with Crippen LogP contribution in [-0.4, -0.2) is 26.4 Å². The molecule has 0 atom stereocenters. The maximum Gasteiger partial charge on any atom is 0.156 e. The molecule has 7 heteroatoms. The topological polar surface area (TPSA) is 27.7 Å². The van der Waals surface area contributed by atoms with E-state index in [1.54, 1.807) is 12.1 Å². The Morgan fingerprint density at radius 1 is 0.958 bits per heavy atom. The van der Waals surface area contributed by atoms with E-state index in [2.05, 4.69) is 0 Å². The average Bonchev–Trinajstić information content (AvgIpc) is 2.47. The first-order valence-corrected chi connectivity index (χ1v) is 8.88. The largest absolute Gasteiger partial charge is 0.490 e. The third-order valence-electron chi connectivity index (χ3n) is 2.75. The summed E-state index contributed by atoms with van der Waals surface area (Å²) in [5.74, 6) is 0.939. The summed E-state index contributed by atoms with van der Waals surface area (Å²) in [6, 6.07) is 3.26. The first-order valence-electron chi connectivity index (χ1n) is 7.37. The molecule has 1 aromatic carbocycles. The molecule has 0 N–H and O–H groups in total. The van der Waals surface area contributed by atoms with Crippen LogP contribution < -0.4 is 9.47 Å². The van der Waals surface area contributed by atoms with Crippen molar-refractivity contribution in [2.45, 2.75) is 20.3 Å². The Morgan fingerprint density at radius 3 is 2.21 bits per heavy atom. The third-order valence-corrected chi connectivity index (χ3v) is 3.62. The lowest BCUT2D eigenvalue weighted by atomic mass is 10.3. The Balaban J connectivity index is 2.43. The summed E-state index contributed by atoms with van der Waals surface area (Å²) in [7, 11) is 0. The molecule has 0 aromatic heterocycles. The van der Waals surface area contributed by atoms with Crippen LogP contribution in [0.5, 0.6) is 11.5 Å². The lowest BCUT2D eigenvalue weighted by molar-refractivity contribution is 0.143. The zero-order chi connectivity index (χ0) is 17.9. The van der Waals surface area contributed by atoms with Crippen LogP contribution in [0, 0.1) is 0 Å². The summed E-state index contributed by atoms with van der Waals surface area (Å²) in [6.07, 6.45) is 4.28. The lowest BCUT2D eigenvalue weighted by Gasteiger charge is -2.12. The monoisotopic (exact) mass is 412 g/mol. The van der Waals surface area contributed by atoms with E-state index in [1.165, 1.54) is 11.6 Å². The van der Waals surface area contributed by atoms with Crippen LogP contribution in [0.25, 0.3) is 0 Å². The van der Waals surface area contributed by atoms with Crippen molar-refractivity contribution >= 4 is 46.4 Å². The van der Waals surface area contributed by atoms with Crippen LogP contribution >= 0.6 is 46.4 Å². The number of hydrogen-bond donors (Lipinski definition) is 0. The highest BCUT2D eigenvalue weighted by Gasteiger charge is 2.10. The van der Waals surface area contributed by atoms with Gasteiger partial charge in [-0.05, 0) is 19.9 Å². The second-order valence-electron chi connectivity index (χ2n) is 5.08. The number of benzene rings is 1. The summed E-state index contributed by atoms with van der Waals surface area (Å²) in [6.45, 7) is 5.95. The van der Waals surface area contributed by atoms with Crippen LogP contribution in [0.2, 0.25) is 10.0 Å². The summed E-state index contributed by atoms with van der Waals surface area (Å²) in [5.41, 5.74) is 1.23. The van der Waals surface area contributed by atoms with Crippen molar-refractivity contribution in [2.24, 2.45) is 0 Å². The van der Waals surface area contributed by atoms with Gasteiger partial charge < -0.3 is 14.2 Å². The summed E-state index contributed by atoms with van der Waals surface area (Å²) >= 11 is 23.4. The van der Waals surface area contributed by atoms with Gasteiger partial charge in [0.25, 0.3) is 0 Å². The lowest BCUT2D eigenvalue weighted by Crippen LogP contribution is -2.04. The second kappa shape index (κ2) is 11.9. The van der Waals surface area contributed by atoms with E-state index in [0.717, 1.165) is 6.42 Å². The van der Waals surface area contributed by atoms with Gasteiger partial charge in [0.2, 0.25) is 0 Å². The Labute approximate surface area is 163 Å². The molecule has 3 nitrogen and oxygen atoms in total. The molecule has 0 spiro atoms. The van der Waals surface area contributed by atoms with E-state index in [1.807, 2.05) is 19.9 Å². The highest BCUT2D eigenvalue weighted by Crippen LogP contribution is 2.37. The molecule has 0 saturated carbocycles. The number of ether oxygens (including phenoxy) is 3. The van der Waals surface area contributed by atoms with Gasteiger partial charge in [-0.25, -0.2) is 0 Å². The van der Waals surface area contributed by atoms with Gasteiger partial charge in [-0.15, -0.1) is 0 Å². The predicted molar refractivity (Wildman–Crippen MR) is 102 cm³/mol. The van der Waals surface area contributed by atoms with Gasteiger partial charge in [-0.2, -0.15) is 0 Å². The van der Waals surface area contributed by atoms with Gasteiger partial charge in [0, 0.05) is 18.6 Å². The molecule has 0 aliphatic heterocycles. The fraction of sp³-hybridized carbons (Fsp3) is 0.412. The fourth-order valence-electron chi connectivity index (χ4n) is 1.60. The minimum Gasteiger partial charge on any atom is -0.490 e. The number of hydrogen-bond acceptors (Lipinski definition) is 3. The molecule has 0 aliphatic rings. The molecule has 1 aromatic rings. The second-order valence-corrected chi connectivity index (χ2v) is 6.90. The van der Waals surface area contributed by atoms with Crippen LogP contribution in [0.1, 0.15) is 20.3 Å². The van der Waals surface area contributed by atoms with Gasteiger partial charge in [0.15, 0.2) is 5.75 Å². The summed E-state index contributed by atoms with van der Waals surface area (Å²) in [4.78, 5) is 0. The van der Waals surface area contributed by atoms with E-state index in [9.17, 15) is 0 Å². The van der Waals surface area contributed by atoms with Crippen molar-refractivity contribution in [3.63, 3.8) is 0 Å². The zero-order valence-corrected chi connectivity index (χ0v) is 16.6. The number of allylic oxidation sites excluding steroid dienone is 1. The molecule has 0 radical (unpaired) electrons. The van der Waals surface area contributed by atoms with Crippen LogP contribution in [0.4, 0.5) is 0 Å². The molecular weight excluding hydrogens is 394 g/mol. The van der Waals surface area contributed by atoms with Crippen molar-refractivity contribution in [2.75, 3.05) is 26.4 Å².